The summed E-state index contributed by atoms with van der Waals surface area (Å²) >= 11 is 0. The number of carbonyl (C=O) groups is 2. The SMILES string of the molecule is CCCCCCCCCCCCCCCCCCCCCCCC(=O)OC[C@H](COP(=O)(O)O)OC(=O)CCCCCCC/C=C\CC1OC1CCCCC. The standard InChI is InChI=1S/C45H85O9P/c1-3-5-7-8-9-10-11-12-13-14-15-16-17-18-19-20-21-22-26-29-33-37-44(46)51-39-41(40-52-55(48,49)50)53-45(47)38-34-30-27-24-23-25-28-32-36-43-42(54-43)35-31-6-4-2/h28,32,41-43H,3-27,29-31,33-40H2,1-2H3,(H2,48,49,50)/b32-28-/t41-,42?,43?/m1/s1. The van der Waals surface area contributed by atoms with Crippen molar-refractivity contribution in [3.8, 4) is 0 Å². The van der Waals surface area contributed by atoms with Crippen LogP contribution in [0.15, 0.2) is 12.2 Å². The van der Waals surface area contributed by atoms with Gasteiger partial charge in [-0.15, -0.1) is 0 Å². The molecule has 1 heterocycles. The van der Waals surface area contributed by atoms with Crippen LogP contribution in [0.1, 0.15) is 232 Å². The summed E-state index contributed by atoms with van der Waals surface area (Å²) in [6.45, 7) is 3.67. The molecule has 3 atom stereocenters. The molecular weight excluding hydrogens is 715 g/mol. The maximum atomic E-state index is 12.4. The molecule has 1 aliphatic heterocycles. The van der Waals surface area contributed by atoms with Gasteiger partial charge in [0.15, 0.2) is 6.10 Å². The first-order chi connectivity index (χ1) is 26.7. The lowest BCUT2D eigenvalue weighted by Crippen LogP contribution is -2.29. The van der Waals surface area contributed by atoms with Crippen LogP contribution in [-0.4, -0.2) is 53.3 Å². The van der Waals surface area contributed by atoms with Gasteiger partial charge in [0.25, 0.3) is 0 Å². The summed E-state index contributed by atoms with van der Waals surface area (Å²) in [5, 5.41) is 0. The normalized spacial score (nSPS) is 16.1. The molecule has 0 aromatic carbocycles. The molecular formula is C45H85O9P. The third-order valence-electron chi connectivity index (χ3n) is 10.7. The van der Waals surface area contributed by atoms with Gasteiger partial charge in [-0.25, -0.2) is 4.57 Å². The zero-order valence-corrected chi connectivity index (χ0v) is 36.4. The molecule has 0 bridgehead atoms. The number of carbonyl (C=O) groups excluding carboxylic acids is 2. The lowest BCUT2D eigenvalue weighted by molar-refractivity contribution is -0.161. The molecule has 2 N–H and O–H groups in total. The topological polar surface area (TPSA) is 132 Å². The Kier molecular flexibility index (Phi) is 34.9. The zero-order valence-electron chi connectivity index (χ0n) is 35.5. The van der Waals surface area contributed by atoms with Crippen LogP contribution in [0, 0.1) is 0 Å². The Labute approximate surface area is 337 Å². The van der Waals surface area contributed by atoms with Crippen molar-refractivity contribution in [3.63, 3.8) is 0 Å². The summed E-state index contributed by atoms with van der Waals surface area (Å²) in [5.41, 5.74) is 0. The molecule has 55 heavy (non-hydrogen) atoms. The van der Waals surface area contributed by atoms with E-state index < -0.39 is 32.5 Å². The van der Waals surface area contributed by atoms with Crippen molar-refractivity contribution in [1.82, 2.24) is 0 Å². The smallest absolute Gasteiger partial charge is 0.462 e. The second-order valence-electron chi connectivity index (χ2n) is 16.1. The van der Waals surface area contributed by atoms with Gasteiger partial charge in [-0.05, 0) is 38.5 Å². The Morgan fingerprint density at radius 3 is 1.49 bits per heavy atom. The first-order valence-electron chi connectivity index (χ1n) is 23.1. The summed E-state index contributed by atoms with van der Waals surface area (Å²) in [6, 6.07) is 0. The van der Waals surface area contributed by atoms with Crippen LogP contribution < -0.4 is 0 Å². The average molecular weight is 801 g/mol. The number of ether oxygens (including phenoxy) is 3. The van der Waals surface area contributed by atoms with Gasteiger partial charge in [-0.2, -0.15) is 0 Å². The molecule has 9 nitrogen and oxygen atoms in total. The molecule has 0 saturated carbocycles. The fourth-order valence-corrected chi connectivity index (χ4v) is 7.51. The molecule has 2 unspecified atom stereocenters. The van der Waals surface area contributed by atoms with E-state index in [1.54, 1.807) is 0 Å². The van der Waals surface area contributed by atoms with Crippen LogP contribution in [0.25, 0.3) is 0 Å². The fraction of sp³-hybridized carbons (Fsp3) is 0.911. The number of hydrogen-bond donors (Lipinski definition) is 2. The molecule has 1 fully saturated rings. The molecule has 0 aliphatic carbocycles. The molecule has 0 radical (unpaired) electrons. The second-order valence-corrected chi connectivity index (χ2v) is 17.4. The van der Waals surface area contributed by atoms with E-state index in [0.717, 1.165) is 57.8 Å². The van der Waals surface area contributed by atoms with E-state index in [1.807, 2.05) is 0 Å². The Morgan fingerprint density at radius 1 is 0.564 bits per heavy atom. The minimum absolute atomic E-state index is 0.195. The predicted molar refractivity (Wildman–Crippen MR) is 225 cm³/mol. The second kappa shape index (κ2) is 37.0. The number of esters is 2. The van der Waals surface area contributed by atoms with Gasteiger partial charge < -0.3 is 24.0 Å². The van der Waals surface area contributed by atoms with Gasteiger partial charge in [0, 0.05) is 12.8 Å². The van der Waals surface area contributed by atoms with Crippen LogP contribution in [-0.2, 0) is 32.9 Å². The van der Waals surface area contributed by atoms with E-state index in [2.05, 4.69) is 30.5 Å². The molecule has 1 aliphatic rings. The van der Waals surface area contributed by atoms with Crippen LogP contribution in [0.2, 0.25) is 0 Å². The number of hydrogen-bond acceptors (Lipinski definition) is 7. The van der Waals surface area contributed by atoms with Gasteiger partial charge in [0.2, 0.25) is 0 Å². The van der Waals surface area contributed by atoms with Crippen LogP contribution >= 0.6 is 7.82 Å². The number of phosphoric ester groups is 1. The number of epoxide rings is 1. The Bertz CT molecular complexity index is 968. The molecule has 0 aromatic heterocycles. The van der Waals surface area contributed by atoms with Crippen molar-refractivity contribution in [2.45, 2.75) is 250 Å². The highest BCUT2D eigenvalue weighted by Gasteiger charge is 2.36. The number of allylic oxidation sites excluding steroid dienone is 1. The van der Waals surface area contributed by atoms with Gasteiger partial charge >= 0.3 is 19.8 Å². The minimum atomic E-state index is -4.76. The van der Waals surface area contributed by atoms with Crippen LogP contribution in [0.5, 0.6) is 0 Å². The van der Waals surface area contributed by atoms with Crippen molar-refractivity contribution in [2.75, 3.05) is 13.2 Å². The zero-order chi connectivity index (χ0) is 40.1. The third kappa shape index (κ3) is 36.8. The van der Waals surface area contributed by atoms with Crippen LogP contribution in [0.3, 0.4) is 0 Å². The molecule has 324 valence electrons. The highest BCUT2D eigenvalue weighted by Crippen LogP contribution is 2.36. The molecule has 1 saturated heterocycles. The molecule has 0 aromatic rings. The van der Waals surface area contributed by atoms with E-state index in [4.69, 9.17) is 24.0 Å². The van der Waals surface area contributed by atoms with Crippen molar-refractivity contribution < 1.29 is 42.7 Å². The minimum Gasteiger partial charge on any atom is -0.462 e. The highest BCUT2D eigenvalue weighted by molar-refractivity contribution is 7.46. The van der Waals surface area contributed by atoms with E-state index >= 15 is 0 Å². The van der Waals surface area contributed by atoms with E-state index in [1.165, 1.54) is 141 Å². The summed E-state index contributed by atoms with van der Waals surface area (Å²) in [4.78, 5) is 43.0. The lowest BCUT2D eigenvalue weighted by Gasteiger charge is -2.18. The molecule has 0 amide bonds. The monoisotopic (exact) mass is 801 g/mol. The number of rotatable bonds is 42. The molecule has 10 heteroatoms. The molecule has 0 spiro atoms. The van der Waals surface area contributed by atoms with E-state index in [0.29, 0.717) is 18.6 Å². The number of unbranched alkanes of at least 4 members (excludes halogenated alkanes) is 27. The first kappa shape index (κ1) is 51.8. The van der Waals surface area contributed by atoms with Crippen LogP contribution in [0.4, 0.5) is 0 Å². The van der Waals surface area contributed by atoms with E-state index in [-0.39, 0.29) is 19.4 Å². The van der Waals surface area contributed by atoms with Gasteiger partial charge in [-0.3, -0.25) is 14.1 Å². The fourth-order valence-electron chi connectivity index (χ4n) is 7.15. The summed E-state index contributed by atoms with van der Waals surface area (Å²) < 4.78 is 32.2. The maximum absolute atomic E-state index is 12.4. The van der Waals surface area contributed by atoms with Crippen molar-refractivity contribution in [1.29, 1.82) is 0 Å². The first-order valence-corrected chi connectivity index (χ1v) is 24.6. The summed E-state index contributed by atoms with van der Waals surface area (Å²) in [6.07, 6.45) is 44.0. The largest absolute Gasteiger partial charge is 0.469 e. The molecule has 1 rings (SSSR count). The number of phosphoric acid groups is 1. The Balaban J connectivity index is 1.99. The Hall–Kier alpha value is -1.25. The van der Waals surface area contributed by atoms with Gasteiger partial charge in [-0.1, -0.05) is 193 Å². The Morgan fingerprint density at radius 2 is 1.00 bits per heavy atom. The maximum Gasteiger partial charge on any atom is 0.469 e. The average Bonchev–Trinajstić information content (AvgIpc) is 3.91. The van der Waals surface area contributed by atoms with Gasteiger partial charge in [0.05, 0.1) is 18.8 Å². The predicted octanol–water partition coefficient (Wildman–Crippen LogP) is 13.2. The summed E-state index contributed by atoms with van der Waals surface area (Å²) in [5.74, 6) is -0.893. The summed E-state index contributed by atoms with van der Waals surface area (Å²) in [7, 11) is -4.76. The van der Waals surface area contributed by atoms with Crippen molar-refractivity contribution >= 4 is 19.8 Å². The van der Waals surface area contributed by atoms with Crippen molar-refractivity contribution in [3.05, 3.63) is 12.2 Å². The van der Waals surface area contributed by atoms with Crippen molar-refractivity contribution in [2.24, 2.45) is 0 Å². The van der Waals surface area contributed by atoms with E-state index in [9.17, 15) is 14.2 Å². The lowest BCUT2D eigenvalue weighted by atomic mass is 10.0. The van der Waals surface area contributed by atoms with Gasteiger partial charge in [0.1, 0.15) is 6.61 Å². The highest BCUT2D eigenvalue weighted by atomic mass is 31.2. The quantitative estimate of drug-likeness (QED) is 0.0203. The third-order valence-corrected chi connectivity index (χ3v) is 11.2.